The first-order chi connectivity index (χ1) is 15.3. The molecule has 0 atom stereocenters. The van der Waals surface area contributed by atoms with E-state index in [-0.39, 0.29) is 5.91 Å². The number of benzene rings is 2. The molecule has 0 bridgehead atoms. The van der Waals surface area contributed by atoms with Crippen molar-refractivity contribution in [1.82, 2.24) is 24.7 Å². The van der Waals surface area contributed by atoms with Crippen molar-refractivity contribution < 1.29 is 4.79 Å². The SMILES string of the molecule is O=C(NCCCN1CCN(Cc2ccccc2)CC1)c1ccc(Cn2ccnc2)cc1. The Balaban J connectivity index is 1.11. The van der Waals surface area contributed by atoms with Gasteiger partial charge in [0.15, 0.2) is 0 Å². The highest BCUT2D eigenvalue weighted by Gasteiger charge is 2.16. The molecule has 1 amide bonds. The van der Waals surface area contributed by atoms with Crippen LogP contribution in [0.5, 0.6) is 0 Å². The quantitative estimate of drug-likeness (QED) is 0.544. The van der Waals surface area contributed by atoms with Crippen LogP contribution < -0.4 is 5.32 Å². The molecular formula is C25H31N5O. The highest BCUT2D eigenvalue weighted by molar-refractivity contribution is 5.94. The van der Waals surface area contributed by atoms with E-state index in [1.807, 2.05) is 35.0 Å². The zero-order valence-corrected chi connectivity index (χ0v) is 18.0. The van der Waals surface area contributed by atoms with Crippen LogP contribution in [0.3, 0.4) is 0 Å². The lowest BCUT2D eigenvalue weighted by Gasteiger charge is -2.34. The van der Waals surface area contributed by atoms with Gasteiger partial charge in [-0.2, -0.15) is 0 Å². The number of carbonyl (C=O) groups excluding carboxylic acids is 1. The van der Waals surface area contributed by atoms with E-state index < -0.39 is 0 Å². The molecule has 0 aliphatic carbocycles. The number of hydrogen-bond donors (Lipinski definition) is 1. The summed E-state index contributed by atoms with van der Waals surface area (Å²) in [5, 5.41) is 3.05. The van der Waals surface area contributed by atoms with Crippen LogP contribution in [0.4, 0.5) is 0 Å². The van der Waals surface area contributed by atoms with Gasteiger partial charge < -0.3 is 14.8 Å². The van der Waals surface area contributed by atoms with Gasteiger partial charge in [-0.25, -0.2) is 4.98 Å². The summed E-state index contributed by atoms with van der Waals surface area (Å²) in [6, 6.07) is 18.5. The number of hydrogen-bond acceptors (Lipinski definition) is 4. The lowest BCUT2D eigenvalue weighted by Crippen LogP contribution is -2.46. The number of amides is 1. The van der Waals surface area contributed by atoms with E-state index in [4.69, 9.17) is 0 Å². The summed E-state index contributed by atoms with van der Waals surface area (Å²) in [4.78, 5) is 21.5. The van der Waals surface area contributed by atoms with Crippen molar-refractivity contribution in [3.63, 3.8) is 0 Å². The molecule has 1 N–H and O–H groups in total. The summed E-state index contributed by atoms with van der Waals surface area (Å²) in [6.07, 6.45) is 6.48. The van der Waals surface area contributed by atoms with E-state index in [2.05, 4.69) is 50.4 Å². The molecular weight excluding hydrogens is 386 g/mol. The molecule has 1 aliphatic rings. The topological polar surface area (TPSA) is 53.4 Å². The second-order valence-corrected chi connectivity index (χ2v) is 8.14. The molecule has 1 fully saturated rings. The summed E-state index contributed by atoms with van der Waals surface area (Å²) in [5.41, 5.74) is 3.25. The fraction of sp³-hybridized carbons (Fsp3) is 0.360. The molecule has 3 aromatic rings. The number of aromatic nitrogens is 2. The molecule has 6 heteroatoms. The Kier molecular flexibility index (Phi) is 7.47. The lowest BCUT2D eigenvalue weighted by molar-refractivity contribution is 0.0947. The van der Waals surface area contributed by atoms with Gasteiger partial charge in [-0.05, 0) is 36.2 Å². The summed E-state index contributed by atoms with van der Waals surface area (Å²) in [7, 11) is 0. The number of nitrogens with zero attached hydrogens (tertiary/aromatic N) is 4. The minimum atomic E-state index is 0.00172. The third-order valence-corrected chi connectivity index (χ3v) is 5.79. The van der Waals surface area contributed by atoms with Crippen LogP contribution in [0.2, 0.25) is 0 Å². The van der Waals surface area contributed by atoms with Gasteiger partial charge in [0, 0.05) is 63.8 Å². The van der Waals surface area contributed by atoms with Crippen LogP contribution >= 0.6 is 0 Å². The number of imidazole rings is 1. The van der Waals surface area contributed by atoms with Crippen molar-refractivity contribution in [3.05, 3.63) is 90.0 Å². The van der Waals surface area contributed by atoms with E-state index in [1.165, 1.54) is 5.56 Å². The van der Waals surface area contributed by atoms with Gasteiger partial charge in [0.25, 0.3) is 5.91 Å². The van der Waals surface area contributed by atoms with Crippen molar-refractivity contribution in [1.29, 1.82) is 0 Å². The third kappa shape index (κ3) is 6.51. The first-order valence-electron chi connectivity index (χ1n) is 11.1. The Morgan fingerprint density at radius 3 is 2.29 bits per heavy atom. The monoisotopic (exact) mass is 417 g/mol. The zero-order valence-electron chi connectivity index (χ0n) is 18.0. The maximum Gasteiger partial charge on any atom is 0.251 e. The van der Waals surface area contributed by atoms with E-state index in [0.717, 1.165) is 57.8 Å². The first-order valence-corrected chi connectivity index (χ1v) is 11.1. The largest absolute Gasteiger partial charge is 0.352 e. The van der Waals surface area contributed by atoms with Crippen molar-refractivity contribution in [3.8, 4) is 0 Å². The molecule has 4 rings (SSSR count). The van der Waals surface area contributed by atoms with Crippen LogP contribution in [0.25, 0.3) is 0 Å². The average molecular weight is 418 g/mol. The fourth-order valence-corrected chi connectivity index (χ4v) is 3.97. The molecule has 1 aliphatic heterocycles. The molecule has 31 heavy (non-hydrogen) atoms. The standard InChI is InChI=1S/C25H31N5O/c31-25(24-9-7-23(8-10-24)20-30-14-12-26-21-30)27-11-4-13-28-15-17-29(18-16-28)19-22-5-2-1-3-6-22/h1-3,5-10,12,14,21H,4,11,13,15-20H2,(H,27,31). The Bertz CT molecular complexity index is 916. The minimum absolute atomic E-state index is 0.00172. The second kappa shape index (κ2) is 10.9. The van der Waals surface area contributed by atoms with Gasteiger partial charge in [0.2, 0.25) is 0 Å². The average Bonchev–Trinajstić information content (AvgIpc) is 3.32. The molecule has 0 spiro atoms. The number of rotatable bonds is 9. The van der Waals surface area contributed by atoms with Crippen LogP contribution in [0, 0.1) is 0 Å². The predicted molar refractivity (Wildman–Crippen MR) is 123 cm³/mol. The van der Waals surface area contributed by atoms with E-state index in [0.29, 0.717) is 12.1 Å². The normalized spacial score (nSPS) is 15.1. The first kappa shape index (κ1) is 21.3. The summed E-state index contributed by atoms with van der Waals surface area (Å²) >= 11 is 0. The molecule has 1 aromatic heterocycles. The molecule has 0 saturated carbocycles. The van der Waals surface area contributed by atoms with Gasteiger partial charge in [0.1, 0.15) is 0 Å². The van der Waals surface area contributed by atoms with Gasteiger partial charge in [-0.3, -0.25) is 9.69 Å². The van der Waals surface area contributed by atoms with E-state index >= 15 is 0 Å². The summed E-state index contributed by atoms with van der Waals surface area (Å²) in [5.74, 6) is 0.00172. The highest BCUT2D eigenvalue weighted by Crippen LogP contribution is 2.09. The molecule has 2 aromatic carbocycles. The zero-order chi connectivity index (χ0) is 21.3. The van der Waals surface area contributed by atoms with Crippen molar-refractivity contribution in [2.24, 2.45) is 0 Å². The van der Waals surface area contributed by atoms with Gasteiger partial charge in [-0.1, -0.05) is 42.5 Å². The van der Waals surface area contributed by atoms with Crippen LogP contribution in [-0.2, 0) is 13.1 Å². The Morgan fingerprint density at radius 1 is 0.871 bits per heavy atom. The highest BCUT2D eigenvalue weighted by atomic mass is 16.1. The number of piperazine rings is 1. The molecule has 162 valence electrons. The smallest absolute Gasteiger partial charge is 0.251 e. The molecule has 6 nitrogen and oxygen atoms in total. The molecule has 1 saturated heterocycles. The second-order valence-electron chi connectivity index (χ2n) is 8.14. The van der Waals surface area contributed by atoms with Crippen molar-refractivity contribution in [2.75, 3.05) is 39.3 Å². The molecule has 0 unspecified atom stereocenters. The van der Waals surface area contributed by atoms with Crippen molar-refractivity contribution >= 4 is 5.91 Å². The summed E-state index contributed by atoms with van der Waals surface area (Å²) < 4.78 is 2.01. The van der Waals surface area contributed by atoms with Gasteiger partial charge in [-0.15, -0.1) is 0 Å². The maximum atomic E-state index is 12.4. The van der Waals surface area contributed by atoms with E-state index in [1.54, 1.807) is 12.5 Å². The Labute approximate surface area is 184 Å². The van der Waals surface area contributed by atoms with Crippen LogP contribution in [-0.4, -0.2) is 64.5 Å². The molecule has 0 radical (unpaired) electrons. The Hall–Kier alpha value is -2.96. The lowest BCUT2D eigenvalue weighted by atomic mass is 10.1. The van der Waals surface area contributed by atoms with Crippen LogP contribution in [0.15, 0.2) is 73.3 Å². The van der Waals surface area contributed by atoms with Crippen molar-refractivity contribution in [2.45, 2.75) is 19.5 Å². The van der Waals surface area contributed by atoms with Gasteiger partial charge in [0.05, 0.1) is 6.33 Å². The Morgan fingerprint density at radius 2 is 1.58 bits per heavy atom. The van der Waals surface area contributed by atoms with E-state index in [9.17, 15) is 4.79 Å². The molecule has 2 heterocycles. The van der Waals surface area contributed by atoms with Crippen LogP contribution in [0.1, 0.15) is 27.9 Å². The third-order valence-electron chi connectivity index (χ3n) is 5.79. The number of carbonyl (C=O) groups is 1. The van der Waals surface area contributed by atoms with Gasteiger partial charge >= 0.3 is 0 Å². The number of nitrogens with one attached hydrogen (secondary N) is 1. The summed E-state index contributed by atoms with van der Waals surface area (Å²) in [6.45, 7) is 7.94. The minimum Gasteiger partial charge on any atom is -0.352 e. The fourth-order valence-electron chi connectivity index (χ4n) is 3.97. The predicted octanol–water partition coefficient (Wildman–Crippen LogP) is 2.87. The maximum absolute atomic E-state index is 12.4.